The van der Waals surface area contributed by atoms with Crippen molar-refractivity contribution >= 4 is 22.7 Å². The van der Waals surface area contributed by atoms with Gasteiger partial charge in [-0.2, -0.15) is 0 Å². The Bertz CT molecular complexity index is 334. The topological polar surface area (TPSA) is 13.0 Å². The van der Waals surface area contributed by atoms with Crippen LogP contribution in [0.1, 0.15) is 0 Å². The van der Waals surface area contributed by atoms with Gasteiger partial charge >= 0.3 is 0 Å². The summed E-state index contributed by atoms with van der Waals surface area (Å²) >= 11 is 0. The van der Waals surface area contributed by atoms with E-state index in [1.54, 1.807) is 0 Å². The lowest BCUT2D eigenvalue weighted by Gasteiger charge is -2.29. The van der Waals surface area contributed by atoms with Crippen molar-refractivity contribution in [3.63, 3.8) is 0 Å². The molecular weight excluding hydrogens is 224 g/mol. The van der Waals surface area contributed by atoms with Crippen molar-refractivity contribution in [2.45, 2.75) is 0 Å². The quantitative estimate of drug-likeness (QED) is 0.806. The third kappa shape index (κ3) is 2.81. The van der Waals surface area contributed by atoms with Crippen molar-refractivity contribution in [2.24, 2.45) is 0 Å². The van der Waals surface area contributed by atoms with Crippen LogP contribution in [-0.4, -0.2) is 56.4 Å². The summed E-state index contributed by atoms with van der Waals surface area (Å²) in [4.78, 5) is 8.44. The van der Waals surface area contributed by atoms with Crippen LogP contribution in [0.15, 0.2) is 6.07 Å². The van der Waals surface area contributed by atoms with Crippen molar-refractivity contribution in [3.05, 3.63) is 12.1 Å². The maximum absolute atomic E-state index is 3.51. The Hall–Kier alpha value is -1.58. The Morgan fingerprint density at radius 2 is 0.944 bits per heavy atom. The Kier molecular flexibility index (Phi) is 4.33. The summed E-state index contributed by atoms with van der Waals surface area (Å²) in [7, 11) is 16.4. The van der Waals surface area contributed by atoms with Crippen LogP contribution in [-0.2, 0) is 0 Å². The van der Waals surface area contributed by atoms with Crippen LogP contribution in [0, 0.1) is 6.07 Å². The number of nitrogens with zero attached hydrogens (tertiary/aromatic N) is 4. The molecule has 0 atom stereocenters. The molecular formula is C14H25N4. The predicted molar refractivity (Wildman–Crippen MR) is 82.6 cm³/mol. The van der Waals surface area contributed by atoms with Crippen LogP contribution in [0.25, 0.3) is 0 Å². The highest BCUT2D eigenvalue weighted by atomic mass is 15.2. The second-order valence-corrected chi connectivity index (χ2v) is 5.31. The first-order valence-electron chi connectivity index (χ1n) is 6.05. The van der Waals surface area contributed by atoms with Crippen molar-refractivity contribution in [1.82, 2.24) is 0 Å². The molecule has 4 heteroatoms. The summed E-state index contributed by atoms with van der Waals surface area (Å²) in [5.74, 6) is 0. The minimum atomic E-state index is 1.11. The van der Waals surface area contributed by atoms with Crippen molar-refractivity contribution < 1.29 is 0 Å². The van der Waals surface area contributed by atoms with Gasteiger partial charge in [0.05, 0.1) is 22.7 Å². The number of rotatable bonds is 4. The molecule has 4 nitrogen and oxygen atoms in total. The van der Waals surface area contributed by atoms with Gasteiger partial charge in [0.1, 0.15) is 0 Å². The highest BCUT2D eigenvalue weighted by Gasteiger charge is 2.15. The largest absolute Gasteiger partial charge is 0.376 e. The molecule has 0 saturated carbocycles. The van der Waals surface area contributed by atoms with E-state index in [1.165, 1.54) is 11.4 Å². The molecule has 0 N–H and O–H groups in total. The van der Waals surface area contributed by atoms with Crippen molar-refractivity contribution in [3.8, 4) is 0 Å². The van der Waals surface area contributed by atoms with Crippen LogP contribution < -0.4 is 19.6 Å². The lowest BCUT2D eigenvalue weighted by atomic mass is 10.1. The van der Waals surface area contributed by atoms with E-state index in [0.29, 0.717) is 0 Å². The van der Waals surface area contributed by atoms with Gasteiger partial charge in [0, 0.05) is 62.4 Å². The minimum absolute atomic E-state index is 1.11. The van der Waals surface area contributed by atoms with Crippen LogP contribution in [0.5, 0.6) is 0 Å². The van der Waals surface area contributed by atoms with E-state index in [-0.39, 0.29) is 0 Å². The number of hydrogen-bond acceptors (Lipinski definition) is 4. The second kappa shape index (κ2) is 5.38. The molecule has 0 aromatic heterocycles. The SMILES string of the molecule is CN(C)c1[c]c(N(C)C)c(N(C)C)cc1N(C)C. The van der Waals surface area contributed by atoms with Crippen LogP contribution in [0.2, 0.25) is 0 Å². The van der Waals surface area contributed by atoms with Gasteiger partial charge in [-0.05, 0) is 6.07 Å². The third-order valence-corrected chi connectivity index (χ3v) is 2.85. The minimum Gasteiger partial charge on any atom is -0.376 e. The first-order chi connectivity index (χ1) is 8.25. The van der Waals surface area contributed by atoms with E-state index in [1.807, 2.05) is 28.2 Å². The summed E-state index contributed by atoms with van der Waals surface area (Å²) < 4.78 is 0. The summed E-state index contributed by atoms with van der Waals surface area (Å²) in [6.07, 6.45) is 0. The molecule has 1 rings (SSSR count). The van der Waals surface area contributed by atoms with Gasteiger partial charge in [0.25, 0.3) is 0 Å². The fourth-order valence-corrected chi connectivity index (χ4v) is 1.87. The van der Waals surface area contributed by atoms with E-state index in [9.17, 15) is 0 Å². The van der Waals surface area contributed by atoms with Crippen LogP contribution >= 0.6 is 0 Å². The third-order valence-electron chi connectivity index (χ3n) is 2.85. The predicted octanol–water partition coefficient (Wildman–Crippen LogP) is 1.75. The summed E-state index contributed by atoms with van der Waals surface area (Å²) in [6, 6.07) is 5.72. The highest BCUT2D eigenvalue weighted by Crippen LogP contribution is 2.37. The van der Waals surface area contributed by atoms with E-state index in [0.717, 1.165) is 11.4 Å². The van der Waals surface area contributed by atoms with E-state index in [4.69, 9.17) is 0 Å². The lowest BCUT2D eigenvalue weighted by molar-refractivity contribution is 1.04. The molecule has 0 heterocycles. The molecule has 0 amide bonds. The smallest absolute Gasteiger partial charge is 0.0702 e. The monoisotopic (exact) mass is 249 g/mol. The summed E-state index contributed by atoms with van der Waals surface area (Å²) in [6.45, 7) is 0. The molecule has 0 spiro atoms. The molecule has 0 aliphatic carbocycles. The molecule has 1 radical (unpaired) electrons. The Morgan fingerprint density at radius 3 is 1.17 bits per heavy atom. The normalized spacial score (nSPS) is 10.2. The molecule has 0 saturated heterocycles. The average molecular weight is 249 g/mol. The van der Waals surface area contributed by atoms with E-state index < -0.39 is 0 Å². The average Bonchev–Trinajstić information content (AvgIpc) is 2.26. The van der Waals surface area contributed by atoms with Crippen molar-refractivity contribution in [2.75, 3.05) is 76.0 Å². The first-order valence-corrected chi connectivity index (χ1v) is 6.05. The van der Waals surface area contributed by atoms with Gasteiger partial charge in [0.15, 0.2) is 0 Å². The Balaban J connectivity index is 3.50. The molecule has 0 bridgehead atoms. The fourth-order valence-electron chi connectivity index (χ4n) is 1.87. The molecule has 0 fully saturated rings. The first kappa shape index (κ1) is 14.5. The van der Waals surface area contributed by atoms with Gasteiger partial charge in [0.2, 0.25) is 0 Å². The zero-order valence-corrected chi connectivity index (χ0v) is 12.9. The number of benzene rings is 1. The molecule has 1 aromatic rings. The number of anilines is 4. The molecule has 18 heavy (non-hydrogen) atoms. The van der Waals surface area contributed by atoms with Crippen molar-refractivity contribution in [1.29, 1.82) is 0 Å². The Morgan fingerprint density at radius 1 is 0.611 bits per heavy atom. The highest BCUT2D eigenvalue weighted by molar-refractivity contribution is 5.84. The van der Waals surface area contributed by atoms with Crippen LogP contribution in [0.4, 0.5) is 22.7 Å². The van der Waals surface area contributed by atoms with Gasteiger partial charge in [-0.1, -0.05) is 0 Å². The maximum Gasteiger partial charge on any atom is 0.0702 e. The van der Waals surface area contributed by atoms with Gasteiger partial charge < -0.3 is 19.6 Å². The molecule has 0 aliphatic rings. The molecule has 1 aromatic carbocycles. The zero-order chi connectivity index (χ0) is 14.0. The zero-order valence-electron chi connectivity index (χ0n) is 12.9. The maximum atomic E-state index is 3.51. The van der Waals surface area contributed by atoms with Gasteiger partial charge in [-0.25, -0.2) is 0 Å². The van der Waals surface area contributed by atoms with Crippen LogP contribution in [0.3, 0.4) is 0 Å². The van der Waals surface area contributed by atoms with E-state index >= 15 is 0 Å². The molecule has 101 valence electrons. The van der Waals surface area contributed by atoms with Gasteiger partial charge in [-0.3, -0.25) is 0 Å². The lowest BCUT2D eigenvalue weighted by Crippen LogP contribution is -2.21. The molecule has 0 aliphatic heterocycles. The second-order valence-electron chi connectivity index (χ2n) is 5.31. The van der Waals surface area contributed by atoms with E-state index in [2.05, 4.69) is 59.9 Å². The fraction of sp³-hybridized carbons (Fsp3) is 0.571. The standard InChI is InChI=1S/C14H25N4/c1-15(2)11-9-13(17(5)6)14(18(7)8)10-12(11)16(3)4/h9H,1-8H3. The van der Waals surface area contributed by atoms with Gasteiger partial charge in [-0.15, -0.1) is 0 Å². The summed E-state index contributed by atoms with van der Waals surface area (Å²) in [5.41, 5.74) is 4.56. The molecule has 0 unspecified atom stereocenters. The number of hydrogen-bond donors (Lipinski definition) is 0. The Labute approximate surface area is 111 Å². The summed E-state index contributed by atoms with van der Waals surface area (Å²) in [5, 5.41) is 0.